The molecular formula is C16H27O4PSi. The average molecular weight is 342 g/mol. The molecule has 1 aromatic carbocycles. The van der Waals surface area contributed by atoms with Gasteiger partial charge >= 0.3 is 7.60 Å². The zero-order chi connectivity index (χ0) is 16.8. The third kappa shape index (κ3) is 5.47. The van der Waals surface area contributed by atoms with E-state index in [2.05, 4.69) is 19.6 Å². The van der Waals surface area contributed by atoms with Crippen molar-refractivity contribution in [1.82, 2.24) is 0 Å². The fourth-order valence-electron chi connectivity index (χ4n) is 2.30. The van der Waals surface area contributed by atoms with Crippen LogP contribution in [0.1, 0.15) is 24.2 Å². The molecule has 1 rings (SSSR count). The molecule has 124 valence electrons. The third-order valence-corrected chi connectivity index (χ3v) is 7.56. The Morgan fingerprint density at radius 2 is 1.59 bits per heavy atom. The summed E-state index contributed by atoms with van der Waals surface area (Å²) in [6.45, 7) is 10.5. The van der Waals surface area contributed by atoms with Gasteiger partial charge in [-0.1, -0.05) is 50.0 Å². The molecule has 0 heterocycles. The van der Waals surface area contributed by atoms with Gasteiger partial charge in [0.25, 0.3) is 0 Å². The fraction of sp³-hybridized carbons (Fsp3) is 0.562. The van der Waals surface area contributed by atoms with E-state index in [9.17, 15) is 9.36 Å². The molecule has 0 saturated heterocycles. The van der Waals surface area contributed by atoms with Crippen LogP contribution in [0, 0.1) is 0 Å². The minimum Gasteiger partial charge on any atom is -0.308 e. The van der Waals surface area contributed by atoms with Gasteiger partial charge < -0.3 is 9.05 Å². The maximum Gasteiger partial charge on any atom is 0.341 e. The number of rotatable bonds is 9. The topological polar surface area (TPSA) is 52.6 Å². The molecule has 0 aromatic heterocycles. The van der Waals surface area contributed by atoms with Crippen LogP contribution in [0.5, 0.6) is 0 Å². The smallest absolute Gasteiger partial charge is 0.308 e. The van der Waals surface area contributed by atoms with Gasteiger partial charge in [0.1, 0.15) is 5.66 Å². The number of hydrogen-bond acceptors (Lipinski definition) is 4. The van der Waals surface area contributed by atoms with Crippen molar-refractivity contribution < 1.29 is 18.4 Å². The van der Waals surface area contributed by atoms with Crippen LogP contribution in [-0.4, -0.2) is 32.7 Å². The minimum absolute atomic E-state index is 0.145. The zero-order valence-electron chi connectivity index (χ0n) is 14.2. The van der Waals surface area contributed by atoms with Crippen LogP contribution in [0.2, 0.25) is 25.7 Å². The van der Waals surface area contributed by atoms with Gasteiger partial charge in [0.15, 0.2) is 5.78 Å². The standard InChI is InChI=1S/C16H27O4PSi/c1-6-19-21(18,20-7-2)15(13-22(3,4)5)16(17)14-11-9-8-10-12-14/h8-12,15H,6-7,13H2,1-5H3. The van der Waals surface area contributed by atoms with Crippen molar-refractivity contribution in [2.45, 2.75) is 45.2 Å². The Bertz CT molecular complexity index is 515. The summed E-state index contributed by atoms with van der Waals surface area (Å²) in [6.07, 6.45) is 0. The number of Topliss-reactive ketones (excluding diaryl/α,β-unsaturated/α-hetero) is 1. The molecular weight excluding hydrogens is 315 g/mol. The highest BCUT2D eigenvalue weighted by atomic mass is 31.2. The highest BCUT2D eigenvalue weighted by molar-refractivity contribution is 7.56. The molecule has 6 heteroatoms. The molecule has 0 aliphatic heterocycles. The second-order valence-corrected chi connectivity index (χ2v) is 14.1. The van der Waals surface area contributed by atoms with Crippen LogP contribution >= 0.6 is 7.60 Å². The van der Waals surface area contributed by atoms with Crippen molar-refractivity contribution in [3.8, 4) is 0 Å². The van der Waals surface area contributed by atoms with E-state index >= 15 is 0 Å². The molecule has 4 nitrogen and oxygen atoms in total. The molecule has 22 heavy (non-hydrogen) atoms. The van der Waals surface area contributed by atoms with Crippen LogP contribution < -0.4 is 0 Å². The van der Waals surface area contributed by atoms with Crippen molar-refractivity contribution in [3.05, 3.63) is 35.9 Å². The predicted molar refractivity (Wildman–Crippen MR) is 93.6 cm³/mol. The summed E-state index contributed by atoms with van der Waals surface area (Å²) >= 11 is 0. The Hall–Kier alpha value is -0.743. The molecule has 0 spiro atoms. The molecule has 1 aromatic rings. The van der Waals surface area contributed by atoms with Crippen LogP contribution in [0.25, 0.3) is 0 Å². The van der Waals surface area contributed by atoms with E-state index in [1.807, 2.05) is 18.2 Å². The van der Waals surface area contributed by atoms with Gasteiger partial charge in [-0.05, 0) is 19.9 Å². The Labute approximate surface area is 134 Å². The summed E-state index contributed by atoms with van der Waals surface area (Å²) in [6, 6.07) is 9.56. The van der Waals surface area contributed by atoms with E-state index in [4.69, 9.17) is 9.05 Å². The molecule has 0 radical (unpaired) electrons. The number of ketones is 1. The first-order chi connectivity index (χ1) is 10.2. The van der Waals surface area contributed by atoms with Gasteiger partial charge in [-0.15, -0.1) is 0 Å². The quantitative estimate of drug-likeness (QED) is 0.366. The van der Waals surface area contributed by atoms with Crippen molar-refractivity contribution >= 4 is 21.5 Å². The van der Waals surface area contributed by atoms with Gasteiger partial charge in [-0.3, -0.25) is 9.36 Å². The Morgan fingerprint density at radius 3 is 2.00 bits per heavy atom. The van der Waals surface area contributed by atoms with Crippen LogP contribution in [0.4, 0.5) is 0 Å². The molecule has 1 unspecified atom stereocenters. The molecule has 0 bridgehead atoms. The molecule has 0 aliphatic carbocycles. The molecule has 0 N–H and O–H groups in total. The van der Waals surface area contributed by atoms with Crippen molar-refractivity contribution in [2.75, 3.05) is 13.2 Å². The van der Waals surface area contributed by atoms with Gasteiger partial charge in [-0.2, -0.15) is 0 Å². The maximum absolute atomic E-state index is 13.2. The Morgan fingerprint density at radius 1 is 1.09 bits per heavy atom. The Kier molecular flexibility index (Phi) is 7.20. The lowest BCUT2D eigenvalue weighted by Crippen LogP contribution is -2.33. The van der Waals surface area contributed by atoms with Crippen molar-refractivity contribution in [3.63, 3.8) is 0 Å². The number of carbonyl (C=O) groups excluding carboxylic acids is 1. The summed E-state index contributed by atoms with van der Waals surface area (Å²) in [5.74, 6) is -0.145. The molecule has 0 amide bonds. The highest BCUT2D eigenvalue weighted by Gasteiger charge is 2.43. The minimum atomic E-state index is -3.46. The maximum atomic E-state index is 13.2. The van der Waals surface area contributed by atoms with E-state index in [0.717, 1.165) is 0 Å². The fourth-order valence-corrected chi connectivity index (χ4v) is 7.77. The predicted octanol–water partition coefficient (Wildman–Crippen LogP) is 4.84. The van der Waals surface area contributed by atoms with Crippen LogP contribution in [-0.2, 0) is 13.6 Å². The van der Waals surface area contributed by atoms with Crippen LogP contribution in [0.15, 0.2) is 30.3 Å². The van der Waals surface area contributed by atoms with E-state index in [0.29, 0.717) is 11.6 Å². The average Bonchev–Trinajstić information content (AvgIpc) is 2.44. The summed E-state index contributed by atoms with van der Waals surface area (Å²) in [5, 5.41) is 0. The first-order valence-electron chi connectivity index (χ1n) is 7.71. The highest BCUT2D eigenvalue weighted by Crippen LogP contribution is 2.56. The SMILES string of the molecule is CCOP(=O)(OCC)C(C[Si](C)(C)C)C(=O)c1ccccc1. The summed E-state index contributed by atoms with van der Waals surface area (Å²) < 4.78 is 24.1. The summed E-state index contributed by atoms with van der Waals surface area (Å²) in [7, 11) is -5.10. The Balaban J connectivity index is 3.22. The summed E-state index contributed by atoms with van der Waals surface area (Å²) in [4.78, 5) is 12.9. The molecule has 0 aliphatic rings. The second-order valence-electron chi connectivity index (χ2n) is 6.39. The summed E-state index contributed by atoms with van der Waals surface area (Å²) in [5.41, 5.74) is -0.160. The van der Waals surface area contributed by atoms with E-state index in [-0.39, 0.29) is 19.0 Å². The number of hydrogen-bond donors (Lipinski definition) is 0. The molecule has 1 atom stereocenters. The second kappa shape index (κ2) is 8.21. The lowest BCUT2D eigenvalue weighted by Gasteiger charge is -2.29. The largest absolute Gasteiger partial charge is 0.341 e. The monoisotopic (exact) mass is 342 g/mol. The third-order valence-electron chi connectivity index (χ3n) is 3.17. The number of carbonyl (C=O) groups is 1. The van der Waals surface area contributed by atoms with Gasteiger partial charge in [0, 0.05) is 13.6 Å². The lowest BCUT2D eigenvalue weighted by molar-refractivity contribution is 0.0973. The zero-order valence-corrected chi connectivity index (χ0v) is 16.1. The number of benzene rings is 1. The normalized spacial score (nSPS) is 13.9. The first-order valence-corrected chi connectivity index (χ1v) is 13.0. The van der Waals surface area contributed by atoms with Gasteiger partial charge in [-0.25, -0.2) is 0 Å². The van der Waals surface area contributed by atoms with Gasteiger partial charge in [0.05, 0.1) is 13.2 Å². The van der Waals surface area contributed by atoms with Crippen molar-refractivity contribution in [1.29, 1.82) is 0 Å². The first kappa shape index (κ1) is 19.3. The van der Waals surface area contributed by atoms with Gasteiger partial charge in [0.2, 0.25) is 0 Å². The molecule has 0 fully saturated rings. The van der Waals surface area contributed by atoms with Crippen molar-refractivity contribution in [2.24, 2.45) is 0 Å². The van der Waals surface area contributed by atoms with E-state index in [1.165, 1.54) is 0 Å². The molecule has 0 saturated carbocycles. The van der Waals surface area contributed by atoms with E-state index < -0.39 is 21.3 Å². The van der Waals surface area contributed by atoms with E-state index in [1.54, 1.807) is 26.0 Å². The van der Waals surface area contributed by atoms with Crippen LogP contribution in [0.3, 0.4) is 0 Å². The lowest BCUT2D eigenvalue weighted by atomic mass is 10.1.